The smallest absolute Gasteiger partial charge is 0.325 e. The molecule has 3 rings (SSSR count). The van der Waals surface area contributed by atoms with E-state index in [1.54, 1.807) is 13.8 Å². The van der Waals surface area contributed by atoms with E-state index < -0.39 is 11.6 Å². The minimum absolute atomic E-state index is 0.0348. The van der Waals surface area contributed by atoms with E-state index in [9.17, 15) is 9.59 Å². The molecule has 1 saturated heterocycles. The summed E-state index contributed by atoms with van der Waals surface area (Å²) < 4.78 is 5.15. The second-order valence-electron chi connectivity index (χ2n) is 5.83. The van der Waals surface area contributed by atoms with E-state index in [0.717, 1.165) is 16.0 Å². The number of nitrogens with one attached hydrogen (secondary N) is 1. The summed E-state index contributed by atoms with van der Waals surface area (Å²) in [5.41, 5.74) is 1.00. The van der Waals surface area contributed by atoms with E-state index in [2.05, 4.69) is 15.5 Å². The molecule has 3 amide bonds. The van der Waals surface area contributed by atoms with Crippen molar-refractivity contribution in [2.45, 2.75) is 32.9 Å². The standard InChI is InChI=1S/C15H16N4O3/c1-9-5-4-6-10(7-9)12-16-11(22-18-12)8-19-13(20)15(2,3)17-14(19)21/h4-7H,8H2,1-3H3,(H,17,21). The SMILES string of the molecule is Cc1cccc(-c2noc(CN3C(=O)NC(C)(C)C3=O)n2)c1. The van der Waals surface area contributed by atoms with Crippen molar-refractivity contribution >= 4 is 11.9 Å². The fraction of sp³-hybridized carbons (Fsp3) is 0.333. The molecule has 0 radical (unpaired) electrons. The number of aryl methyl sites for hydroxylation is 1. The molecule has 1 fully saturated rings. The summed E-state index contributed by atoms with van der Waals surface area (Å²) in [4.78, 5) is 29.3. The van der Waals surface area contributed by atoms with Crippen molar-refractivity contribution < 1.29 is 14.1 Å². The molecule has 1 aliphatic heterocycles. The van der Waals surface area contributed by atoms with Crippen LogP contribution in [0.15, 0.2) is 28.8 Å². The van der Waals surface area contributed by atoms with Gasteiger partial charge in [-0.3, -0.25) is 9.69 Å². The summed E-state index contributed by atoms with van der Waals surface area (Å²) in [6, 6.07) is 7.23. The second kappa shape index (κ2) is 4.94. The molecule has 0 spiro atoms. The Morgan fingerprint density at radius 3 is 2.73 bits per heavy atom. The lowest BCUT2D eigenvalue weighted by Gasteiger charge is -2.14. The average molecular weight is 300 g/mol. The summed E-state index contributed by atoms with van der Waals surface area (Å²) in [7, 11) is 0. The zero-order valence-electron chi connectivity index (χ0n) is 12.6. The van der Waals surface area contributed by atoms with E-state index in [1.807, 2.05) is 31.2 Å². The van der Waals surface area contributed by atoms with Gasteiger partial charge in [-0.05, 0) is 26.8 Å². The van der Waals surface area contributed by atoms with Crippen LogP contribution in [0, 0.1) is 6.92 Å². The number of nitrogens with zero attached hydrogens (tertiary/aromatic N) is 3. The molecule has 1 aliphatic rings. The number of aromatic nitrogens is 2. The quantitative estimate of drug-likeness (QED) is 0.874. The van der Waals surface area contributed by atoms with Crippen molar-refractivity contribution in [1.29, 1.82) is 0 Å². The largest absolute Gasteiger partial charge is 0.337 e. The van der Waals surface area contributed by atoms with Crippen LogP contribution in [0.4, 0.5) is 4.79 Å². The fourth-order valence-corrected chi connectivity index (χ4v) is 2.32. The lowest BCUT2D eigenvalue weighted by atomic mass is 10.1. The molecular weight excluding hydrogens is 284 g/mol. The maximum absolute atomic E-state index is 12.1. The summed E-state index contributed by atoms with van der Waals surface area (Å²) in [6.45, 7) is 5.24. The predicted octanol–water partition coefficient (Wildman–Crippen LogP) is 1.88. The maximum atomic E-state index is 12.1. The number of hydrogen-bond donors (Lipinski definition) is 1. The Balaban J connectivity index is 1.81. The summed E-state index contributed by atoms with van der Waals surface area (Å²) >= 11 is 0. The van der Waals surface area contributed by atoms with Gasteiger partial charge in [-0.25, -0.2) is 4.79 Å². The molecule has 1 aromatic heterocycles. The van der Waals surface area contributed by atoms with Crippen LogP contribution in [-0.4, -0.2) is 32.5 Å². The number of imide groups is 1. The average Bonchev–Trinajstić information content (AvgIpc) is 2.98. The fourth-order valence-electron chi connectivity index (χ4n) is 2.32. The van der Waals surface area contributed by atoms with Crippen molar-refractivity contribution in [1.82, 2.24) is 20.4 Å². The molecule has 2 aromatic rings. The second-order valence-corrected chi connectivity index (χ2v) is 5.83. The van der Waals surface area contributed by atoms with E-state index in [1.165, 1.54) is 0 Å². The highest BCUT2D eigenvalue weighted by molar-refractivity contribution is 6.06. The summed E-state index contributed by atoms with van der Waals surface area (Å²) in [5, 5.41) is 6.51. The first-order chi connectivity index (χ1) is 10.4. The first-order valence-corrected chi connectivity index (χ1v) is 6.90. The zero-order chi connectivity index (χ0) is 15.9. The molecule has 7 nitrogen and oxygen atoms in total. The number of rotatable bonds is 3. The van der Waals surface area contributed by atoms with Crippen LogP contribution in [0.5, 0.6) is 0 Å². The zero-order valence-corrected chi connectivity index (χ0v) is 12.6. The molecule has 0 atom stereocenters. The third-order valence-electron chi connectivity index (χ3n) is 3.48. The number of hydrogen-bond acceptors (Lipinski definition) is 5. The maximum Gasteiger partial charge on any atom is 0.325 e. The third kappa shape index (κ3) is 2.45. The van der Waals surface area contributed by atoms with Gasteiger partial charge in [-0.2, -0.15) is 4.98 Å². The molecular formula is C15H16N4O3. The molecule has 7 heteroatoms. The predicted molar refractivity (Wildman–Crippen MR) is 77.6 cm³/mol. The molecule has 1 aromatic carbocycles. The van der Waals surface area contributed by atoms with E-state index in [-0.39, 0.29) is 18.3 Å². The van der Waals surface area contributed by atoms with Crippen LogP contribution in [0.25, 0.3) is 11.4 Å². The number of amides is 3. The Morgan fingerprint density at radius 2 is 2.09 bits per heavy atom. The van der Waals surface area contributed by atoms with Crippen molar-refractivity contribution in [2.24, 2.45) is 0 Å². The number of urea groups is 1. The van der Waals surface area contributed by atoms with E-state index in [0.29, 0.717) is 5.82 Å². The minimum atomic E-state index is -0.906. The number of carbonyl (C=O) groups excluding carboxylic acids is 2. The first kappa shape index (κ1) is 14.2. The van der Waals surface area contributed by atoms with Crippen molar-refractivity contribution in [3.05, 3.63) is 35.7 Å². The van der Waals surface area contributed by atoms with Gasteiger partial charge in [0, 0.05) is 5.56 Å². The highest BCUT2D eigenvalue weighted by atomic mass is 16.5. The van der Waals surface area contributed by atoms with Crippen LogP contribution < -0.4 is 5.32 Å². The molecule has 0 unspecified atom stereocenters. The number of benzene rings is 1. The highest BCUT2D eigenvalue weighted by Gasteiger charge is 2.44. The van der Waals surface area contributed by atoms with Crippen LogP contribution in [0.2, 0.25) is 0 Å². The van der Waals surface area contributed by atoms with Gasteiger partial charge in [0.25, 0.3) is 5.91 Å². The molecule has 1 N–H and O–H groups in total. The van der Waals surface area contributed by atoms with Crippen LogP contribution in [0.1, 0.15) is 25.3 Å². The summed E-state index contributed by atoms with van der Waals surface area (Å²) in [5.74, 6) is 0.343. The van der Waals surface area contributed by atoms with Gasteiger partial charge in [-0.15, -0.1) is 0 Å². The van der Waals surface area contributed by atoms with Gasteiger partial charge in [0.1, 0.15) is 12.1 Å². The van der Waals surface area contributed by atoms with Gasteiger partial charge in [0.15, 0.2) is 0 Å². The molecule has 0 bridgehead atoms. The van der Waals surface area contributed by atoms with Gasteiger partial charge >= 0.3 is 6.03 Å². The summed E-state index contributed by atoms with van der Waals surface area (Å²) in [6.07, 6.45) is 0. The van der Waals surface area contributed by atoms with E-state index >= 15 is 0 Å². The minimum Gasteiger partial charge on any atom is -0.337 e. The van der Waals surface area contributed by atoms with Crippen LogP contribution >= 0.6 is 0 Å². The Bertz CT molecular complexity index is 751. The molecule has 2 heterocycles. The van der Waals surface area contributed by atoms with E-state index in [4.69, 9.17) is 4.52 Å². The van der Waals surface area contributed by atoms with Crippen molar-refractivity contribution in [2.75, 3.05) is 0 Å². The third-order valence-corrected chi connectivity index (χ3v) is 3.48. The Kier molecular flexibility index (Phi) is 3.20. The normalized spacial score (nSPS) is 17.0. The lowest BCUT2D eigenvalue weighted by molar-refractivity contribution is -0.130. The molecule has 0 saturated carbocycles. The van der Waals surface area contributed by atoms with Crippen LogP contribution in [-0.2, 0) is 11.3 Å². The van der Waals surface area contributed by atoms with Gasteiger partial charge in [0.05, 0.1) is 0 Å². The first-order valence-electron chi connectivity index (χ1n) is 6.90. The topological polar surface area (TPSA) is 88.3 Å². The highest BCUT2D eigenvalue weighted by Crippen LogP contribution is 2.21. The Hall–Kier alpha value is -2.70. The molecule has 22 heavy (non-hydrogen) atoms. The Morgan fingerprint density at radius 1 is 1.32 bits per heavy atom. The number of carbonyl (C=O) groups is 2. The Labute approximate surface area is 127 Å². The molecule has 114 valence electrons. The van der Waals surface area contributed by atoms with Gasteiger partial charge < -0.3 is 9.84 Å². The lowest BCUT2D eigenvalue weighted by Crippen LogP contribution is -2.40. The van der Waals surface area contributed by atoms with Crippen LogP contribution in [0.3, 0.4) is 0 Å². The molecule has 0 aliphatic carbocycles. The monoisotopic (exact) mass is 300 g/mol. The van der Waals surface area contributed by atoms with Crippen molar-refractivity contribution in [3.8, 4) is 11.4 Å². The van der Waals surface area contributed by atoms with Crippen molar-refractivity contribution in [3.63, 3.8) is 0 Å². The van der Waals surface area contributed by atoms with Gasteiger partial charge in [-0.1, -0.05) is 28.9 Å². The van der Waals surface area contributed by atoms with Gasteiger partial charge in [0.2, 0.25) is 11.7 Å².